The van der Waals surface area contributed by atoms with Crippen LogP contribution in [0.2, 0.25) is 0 Å². The summed E-state index contributed by atoms with van der Waals surface area (Å²) in [6.07, 6.45) is 0. The van der Waals surface area contributed by atoms with Gasteiger partial charge in [-0.15, -0.1) is 0 Å². The van der Waals surface area contributed by atoms with Crippen molar-refractivity contribution in [1.82, 2.24) is 6.15 Å². The molecule has 0 bridgehead atoms. The van der Waals surface area contributed by atoms with E-state index in [1.807, 2.05) is 0 Å². The van der Waals surface area contributed by atoms with Crippen molar-refractivity contribution in [3.05, 3.63) is 0 Å². The number of carbonyl (C=O) groups is 6. The smallest absolute Gasteiger partial charge is 0.543 e. The van der Waals surface area contributed by atoms with Crippen LogP contribution in [0.5, 0.6) is 0 Å². The van der Waals surface area contributed by atoms with Crippen molar-refractivity contribution in [2.24, 2.45) is 0 Å². The summed E-state index contributed by atoms with van der Waals surface area (Å²) in [5, 5.41) is 65.6. The van der Waals surface area contributed by atoms with Crippen molar-refractivity contribution < 1.29 is 92.3 Å². The molecule has 0 atom stereocenters. The van der Waals surface area contributed by atoms with Gasteiger partial charge in [0, 0.05) is 0 Å². The van der Waals surface area contributed by atoms with E-state index in [1.165, 1.54) is 0 Å². The zero-order valence-electron chi connectivity index (χ0n) is 10.2. The van der Waals surface area contributed by atoms with Crippen molar-refractivity contribution >= 4 is 35.8 Å². The zero-order chi connectivity index (χ0) is 17.5. The molecule has 6 N–H and O–H groups in total. The predicted molar refractivity (Wildman–Crippen MR) is 41.3 cm³/mol. The molecule has 0 fully saturated rings. The molecule has 0 rings (SSSR count). The maximum atomic E-state index is 8.93. The molecule has 0 heterocycles. The van der Waals surface area contributed by atoms with Gasteiger partial charge in [-0.3, -0.25) is 10.5 Å². The molecule has 0 saturated heterocycles. The summed E-state index contributed by atoms with van der Waals surface area (Å²) in [5.41, 5.74) is 0. The van der Waals surface area contributed by atoms with Crippen LogP contribution in [-0.2, 0) is 51.1 Å². The molecule has 0 saturated carbocycles. The molecule has 0 aromatic rings. The zero-order valence-corrected chi connectivity index (χ0v) is 12.4. The van der Waals surface area contributed by atoms with Crippen LogP contribution >= 0.6 is 0 Å². The molecule has 0 spiro atoms. The summed E-state index contributed by atoms with van der Waals surface area (Å²) < 4.78 is 0. The Bertz CT molecular complexity index is 284. The van der Waals surface area contributed by atoms with E-state index in [1.54, 1.807) is 0 Å². The fourth-order valence-corrected chi connectivity index (χ4v) is 0. The standard InChI is InChI=1S/3C2H2O4.H3N.Nb.H2O2/c3*3-1(4)2(5)6;;;1-2/h3*(H,3,4)(H,5,6);1H3;;1-2H/q;;;;+5;/p-5. The third-order valence-corrected chi connectivity index (χ3v) is 0.500. The minimum absolute atomic E-state index is 0. The Balaban J connectivity index is -0.0000000395. The third-order valence-electron chi connectivity index (χ3n) is 0.500. The van der Waals surface area contributed by atoms with Gasteiger partial charge in [0.25, 0.3) is 0 Å². The van der Waals surface area contributed by atoms with Crippen LogP contribution in [0.15, 0.2) is 0 Å². The van der Waals surface area contributed by atoms with Crippen LogP contribution < -0.4 is 36.8 Å². The normalized spacial score (nSPS) is 6.27. The number of aliphatic carboxylic acids is 6. The summed E-state index contributed by atoms with van der Waals surface area (Å²) in [7, 11) is 0. The topological polar surface area (TPSA) is 318 Å². The molecule has 0 aromatic carbocycles. The molecule has 0 aliphatic rings. The molecular weight excluding hydrogens is 403 g/mol. The minimum Gasteiger partial charge on any atom is -0.543 e. The minimum atomic E-state index is -2.19. The van der Waals surface area contributed by atoms with Gasteiger partial charge in [-0.25, -0.2) is 0 Å². The van der Waals surface area contributed by atoms with Crippen molar-refractivity contribution in [2.45, 2.75) is 0 Å². The Labute approximate surface area is 135 Å². The summed E-state index contributed by atoms with van der Waals surface area (Å²) in [5.74, 6) is -13.1. The van der Waals surface area contributed by atoms with Crippen molar-refractivity contribution in [1.29, 1.82) is 0 Å². The van der Waals surface area contributed by atoms with Crippen LogP contribution in [0, 0.1) is 0 Å². The van der Waals surface area contributed by atoms with Crippen LogP contribution in [0.4, 0.5) is 0 Å². The molecule has 16 heteroatoms. The molecular formula is C6H6NNbO14. The Kier molecular flexibility index (Phi) is 39.1. The molecule has 124 valence electrons. The van der Waals surface area contributed by atoms with Crippen LogP contribution in [-0.4, -0.2) is 46.3 Å². The third kappa shape index (κ3) is 52.9. The Hall–Kier alpha value is -2.56. The van der Waals surface area contributed by atoms with E-state index in [0.717, 1.165) is 0 Å². The van der Waals surface area contributed by atoms with Gasteiger partial charge in [-0.1, -0.05) is 0 Å². The van der Waals surface area contributed by atoms with Gasteiger partial charge in [0.1, 0.15) is 0 Å². The van der Waals surface area contributed by atoms with Crippen molar-refractivity contribution in [3.8, 4) is 0 Å². The largest absolute Gasteiger partial charge is 5.00 e. The van der Waals surface area contributed by atoms with E-state index in [-0.39, 0.29) is 28.5 Å². The van der Waals surface area contributed by atoms with Gasteiger partial charge in [0.2, 0.25) is 0 Å². The average molecular weight is 409 g/mol. The SMILES string of the molecule is O=C([O-])C(=O)[O-].O=C([O-])C(=O)[O-].O=C([O-])C(=O)[O-].OO.[NH4+].[Nb+5]. The Morgan fingerprint density at radius 2 is 0.500 bits per heavy atom. The summed E-state index contributed by atoms with van der Waals surface area (Å²) in [4.78, 5) is 53.6. The number of hydrogen-bond acceptors (Lipinski definition) is 14. The number of carbonyl (C=O) groups excluding carboxylic acids is 6. The second-order valence-electron chi connectivity index (χ2n) is 1.72. The van der Waals surface area contributed by atoms with E-state index in [9.17, 15) is 0 Å². The fourth-order valence-electron chi connectivity index (χ4n) is 0. The molecule has 0 aliphatic heterocycles. The number of quaternary nitrogens is 1. The molecule has 15 nitrogen and oxygen atoms in total. The van der Waals surface area contributed by atoms with Gasteiger partial charge >= 0.3 is 22.4 Å². The van der Waals surface area contributed by atoms with Crippen molar-refractivity contribution in [3.63, 3.8) is 0 Å². The van der Waals surface area contributed by atoms with Crippen LogP contribution in [0.3, 0.4) is 0 Å². The first kappa shape index (κ1) is 36.6. The number of carboxylic acids is 6. The predicted octanol–water partition coefficient (Wildman–Crippen LogP) is -10.2. The van der Waals surface area contributed by atoms with Crippen LogP contribution in [0.1, 0.15) is 0 Å². The van der Waals surface area contributed by atoms with Gasteiger partial charge in [0.15, 0.2) is 0 Å². The first-order chi connectivity index (χ1) is 8.93. The Morgan fingerprint density at radius 1 is 0.455 bits per heavy atom. The summed E-state index contributed by atoms with van der Waals surface area (Å²) in [6.45, 7) is 0. The average Bonchev–Trinajstić information content (AvgIpc) is 2.32. The molecule has 0 aromatic heterocycles. The second-order valence-corrected chi connectivity index (χ2v) is 1.72. The maximum absolute atomic E-state index is 8.93. The summed E-state index contributed by atoms with van der Waals surface area (Å²) >= 11 is 0. The monoisotopic (exact) mass is 409 g/mol. The van der Waals surface area contributed by atoms with Crippen LogP contribution in [0.25, 0.3) is 0 Å². The molecule has 0 unspecified atom stereocenters. The molecule has 0 radical (unpaired) electrons. The van der Waals surface area contributed by atoms with Gasteiger partial charge in [0.05, 0.1) is 35.8 Å². The van der Waals surface area contributed by atoms with E-state index in [0.29, 0.717) is 0 Å². The number of rotatable bonds is 0. The van der Waals surface area contributed by atoms with Gasteiger partial charge in [-0.2, -0.15) is 0 Å². The van der Waals surface area contributed by atoms with Gasteiger partial charge < -0.3 is 65.6 Å². The number of carboxylic acid groups (broad SMARTS) is 6. The molecule has 22 heavy (non-hydrogen) atoms. The molecule has 0 aliphatic carbocycles. The maximum Gasteiger partial charge on any atom is 5.00 e. The van der Waals surface area contributed by atoms with Gasteiger partial charge in [-0.05, 0) is 0 Å². The first-order valence-corrected chi connectivity index (χ1v) is 3.40. The first-order valence-electron chi connectivity index (χ1n) is 3.40. The Morgan fingerprint density at radius 3 is 0.500 bits per heavy atom. The second kappa shape index (κ2) is 23.5. The number of hydrogen-bond donors (Lipinski definition) is 3. The quantitative estimate of drug-likeness (QED) is 0.145. The van der Waals surface area contributed by atoms with E-state index in [4.69, 9.17) is 69.9 Å². The van der Waals surface area contributed by atoms with E-state index >= 15 is 0 Å². The van der Waals surface area contributed by atoms with E-state index in [2.05, 4.69) is 0 Å². The van der Waals surface area contributed by atoms with Crippen molar-refractivity contribution in [2.75, 3.05) is 0 Å². The fraction of sp³-hybridized carbons (Fsp3) is 0. The summed E-state index contributed by atoms with van der Waals surface area (Å²) in [6, 6.07) is 0. The molecule has 0 amide bonds. The van der Waals surface area contributed by atoms with E-state index < -0.39 is 35.8 Å².